The van der Waals surface area contributed by atoms with Crippen LogP contribution in [0.4, 0.5) is 11.4 Å². The number of aromatic amines is 1. The number of hydrogen-bond donors (Lipinski definition) is 2. The van der Waals surface area contributed by atoms with Crippen LogP contribution in [0, 0.1) is 0 Å². The van der Waals surface area contributed by atoms with Crippen LogP contribution in [0.5, 0.6) is 5.75 Å². The van der Waals surface area contributed by atoms with Gasteiger partial charge >= 0.3 is 0 Å². The molecule has 2 aliphatic rings. The molecule has 9 nitrogen and oxygen atoms in total. The average molecular weight is 610 g/mol. The van der Waals surface area contributed by atoms with Crippen molar-refractivity contribution in [1.82, 2.24) is 24.7 Å². The lowest BCUT2D eigenvalue weighted by atomic mass is 9.87. The van der Waals surface area contributed by atoms with E-state index in [0.29, 0.717) is 13.2 Å². The lowest BCUT2D eigenvalue weighted by molar-refractivity contribution is -0.117. The Kier molecular flexibility index (Phi) is 9.40. The first kappa shape index (κ1) is 31.1. The zero-order valence-electron chi connectivity index (χ0n) is 27.2. The van der Waals surface area contributed by atoms with Crippen LogP contribution in [-0.4, -0.2) is 110 Å². The maximum absolute atomic E-state index is 12.5. The number of benzene rings is 3. The van der Waals surface area contributed by atoms with Gasteiger partial charge in [-0.1, -0.05) is 51.1 Å². The molecule has 2 aliphatic heterocycles. The van der Waals surface area contributed by atoms with E-state index < -0.39 is 0 Å². The van der Waals surface area contributed by atoms with Crippen molar-refractivity contribution in [3.8, 4) is 17.1 Å². The van der Waals surface area contributed by atoms with Crippen LogP contribution in [0.15, 0.2) is 66.7 Å². The van der Waals surface area contributed by atoms with Gasteiger partial charge in [-0.2, -0.15) is 0 Å². The molecule has 0 saturated carbocycles. The first-order chi connectivity index (χ1) is 21.7. The molecule has 0 spiro atoms. The number of nitrogens with zero attached hydrogens (tertiary/aromatic N) is 5. The molecule has 238 valence electrons. The molecule has 45 heavy (non-hydrogen) atoms. The summed E-state index contributed by atoms with van der Waals surface area (Å²) >= 11 is 0. The van der Waals surface area contributed by atoms with Crippen LogP contribution >= 0.6 is 0 Å². The Morgan fingerprint density at radius 1 is 0.867 bits per heavy atom. The van der Waals surface area contributed by atoms with Gasteiger partial charge in [-0.05, 0) is 54.4 Å². The van der Waals surface area contributed by atoms with E-state index >= 15 is 0 Å². The van der Waals surface area contributed by atoms with Gasteiger partial charge in [0.05, 0.1) is 17.7 Å². The number of carbonyl (C=O) groups is 1. The number of carbonyl (C=O) groups excluding carboxylic acids is 1. The SMILES string of the molecule is CN1CCN(CC(=O)Nc2ccc(OCCN3CCN(c4cccc5[nH]c(-c6ccc(C(C)(C)C)cc6)nc45)CC3)cc2)CC1. The Hall–Kier alpha value is -3.92. The molecule has 0 bridgehead atoms. The maximum Gasteiger partial charge on any atom is 0.238 e. The van der Waals surface area contributed by atoms with Gasteiger partial charge in [-0.15, -0.1) is 0 Å². The molecule has 9 heteroatoms. The van der Waals surface area contributed by atoms with Crippen LogP contribution < -0.4 is 15.0 Å². The number of para-hydroxylation sites is 1. The lowest BCUT2D eigenvalue weighted by Crippen LogP contribution is -2.47. The molecule has 2 N–H and O–H groups in total. The van der Waals surface area contributed by atoms with E-state index in [4.69, 9.17) is 9.72 Å². The molecule has 0 radical (unpaired) electrons. The van der Waals surface area contributed by atoms with Crippen LogP contribution in [0.25, 0.3) is 22.4 Å². The molecule has 6 rings (SSSR count). The number of amides is 1. The minimum absolute atomic E-state index is 0.0298. The molecular weight excluding hydrogens is 562 g/mol. The molecule has 1 amide bonds. The second-order valence-corrected chi connectivity index (χ2v) is 13.4. The minimum Gasteiger partial charge on any atom is -0.492 e. The number of aromatic nitrogens is 2. The summed E-state index contributed by atoms with van der Waals surface area (Å²) in [5.41, 5.74) is 6.65. The van der Waals surface area contributed by atoms with Crippen LogP contribution in [0.1, 0.15) is 26.3 Å². The van der Waals surface area contributed by atoms with Crippen molar-refractivity contribution >= 4 is 28.3 Å². The number of fused-ring (bicyclic) bond motifs is 1. The number of rotatable bonds is 9. The number of H-pyrrole nitrogens is 1. The number of nitrogens with one attached hydrogen (secondary N) is 2. The van der Waals surface area contributed by atoms with Crippen molar-refractivity contribution in [2.45, 2.75) is 26.2 Å². The largest absolute Gasteiger partial charge is 0.492 e. The number of anilines is 2. The van der Waals surface area contributed by atoms with E-state index in [1.54, 1.807) is 0 Å². The van der Waals surface area contributed by atoms with E-state index in [2.05, 4.69) is 100 Å². The van der Waals surface area contributed by atoms with E-state index in [1.807, 2.05) is 24.3 Å². The zero-order valence-corrected chi connectivity index (χ0v) is 27.2. The number of piperazine rings is 2. The van der Waals surface area contributed by atoms with Gasteiger partial charge in [0.15, 0.2) is 0 Å². The molecule has 4 aromatic rings. The zero-order chi connectivity index (χ0) is 31.4. The Bertz CT molecular complexity index is 1560. The third kappa shape index (κ3) is 7.84. The Balaban J connectivity index is 0.961. The van der Waals surface area contributed by atoms with Crippen molar-refractivity contribution in [2.24, 2.45) is 0 Å². The molecule has 3 heterocycles. The van der Waals surface area contributed by atoms with Crippen LogP contribution in [0.3, 0.4) is 0 Å². The number of imidazole rings is 1. The Labute approximate surface area is 267 Å². The summed E-state index contributed by atoms with van der Waals surface area (Å²) in [5, 5.41) is 3.01. The van der Waals surface area contributed by atoms with E-state index in [1.165, 1.54) is 11.3 Å². The van der Waals surface area contributed by atoms with Gasteiger partial charge < -0.3 is 24.8 Å². The highest BCUT2D eigenvalue weighted by atomic mass is 16.5. The predicted molar refractivity (Wildman–Crippen MR) is 183 cm³/mol. The monoisotopic (exact) mass is 609 g/mol. The molecule has 0 unspecified atom stereocenters. The van der Waals surface area contributed by atoms with E-state index in [0.717, 1.165) is 92.8 Å². The molecule has 0 aliphatic carbocycles. The highest BCUT2D eigenvalue weighted by Crippen LogP contribution is 2.30. The first-order valence-corrected chi connectivity index (χ1v) is 16.2. The minimum atomic E-state index is 0.0298. The van der Waals surface area contributed by atoms with Crippen molar-refractivity contribution in [3.63, 3.8) is 0 Å². The predicted octanol–water partition coefficient (Wildman–Crippen LogP) is 4.91. The molecule has 0 atom stereocenters. The summed E-state index contributed by atoms with van der Waals surface area (Å²) in [7, 11) is 2.12. The second-order valence-electron chi connectivity index (χ2n) is 13.4. The summed E-state index contributed by atoms with van der Waals surface area (Å²) in [5.74, 6) is 1.76. The third-order valence-electron chi connectivity index (χ3n) is 9.01. The van der Waals surface area contributed by atoms with Crippen LogP contribution in [0.2, 0.25) is 0 Å². The normalized spacial score (nSPS) is 17.1. The van der Waals surface area contributed by atoms with E-state index in [9.17, 15) is 4.79 Å². The highest BCUT2D eigenvalue weighted by Gasteiger charge is 2.21. The summed E-state index contributed by atoms with van der Waals surface area (Å²) in [4.78, 5) is 30.4. The van der Waals surface area contributed by atoms with Crippen molar-refractivity contribution in [2.75, 3.05) is 89.3 Å². The number of ether oxygens (including phenoxy) is 1. The first-order valence-electron chi connectivity index (χ1n) is 16.2. The molecule has 1 aromatic heterocycles. The summed E-state index contributed by atoms with van der Waals surface area (Å²) in [6.45, 7) is 16.4. The smallest absolute Gasteiger partial charge is 0.238 e. The fourth-order valence-electron chi connectivity index (χ4n) is 6.09. The molecular formula is C36H47N7O2. The number of likely N-dealkylation sites (N-methyl/N-ethyl adjacent to an activating group) is 1. The van der Waals surface area contributed by atoms with Gasteiger partial charge in [0.25, 0.3) is 0 Å². The van der Waals surface area contributed by atoms with Gasteiger partial charge in [-0.3, -0.25) is 14.6 Å². The van der Waals surface area contributed by atoms with Crippen molar-refractivity contribution < 1.29 is 9.53 Å². The second kappa shape index (κ2) is 13.6. The lowest BCUT2D eigenvalue weighted by Gasteiger charge is -2.36. The molecule has 2 fully saturated rings. The summed E-state index contributed by atoms with van der Waals surface area (Å²) in [6.07, 6.45) is 0. The van der Waals surface area contributed by atoms with Crippen LogP contribution in [-0.2, 0) is 10.2 Å². The van der Waals surface area contributed by atoms with Gasteiger partial charge in [0, 0.05) is 70.2 Å². The van der Waals surface area contributed by atoms with Crippen molar-refractivity contribution in [3.05, 3.63) is 72.3 Å². The Morgan fingerprint density at radius 3 is 2.24 bits per heavy atom. The highest BCUT2D eigenvalue weighted by molar-refractivity contribution is 5.92. The topological polar surface area (TPSA) is 80.0 Å². The average Bonchev–Trinajstić information content (AvgIpc) is 3.48. The fourth-order valence-corrected chi connectivity index (χ4v) is 6.09. The maximum atomic E-state index is 12.5. The van der Waals surface area contributed by atoms with Gasteiger partial charge in [-0.25, -0.2) is 4.98 Å². The molecule has 2 saturated heterocycles. The third-order valence-corrected chi connectivity index (χ3v) is 9.01. The summed E-state index contributed by atoms with van der Waals surface area (Å²) < 4.78 is 6.05. The van der Waals surface area contributed by atoms with E-state index in [-0.39, 0.29) is 11.3 Å². The van der Waals surface area contributed by atoms with Gasteiger partial charge in [0.1, 0.15) is 23.7 Å². The molecule has 3 aromatic carbocycles. The van der Waals surface area contributed by atoms with Gasteiger partial charge in [0.2, 0.25) is 5.91 Å². The fraction of sp³-hybridized carbons (Fsp3) is 0.444. The standard InChI is InChI=1S/C36H47N7O2/c1-36(2,3)28-10-8-27(9-11-28)35-38-31-6-5-7-32(34(31)39-35)43-22-20-41(21-23-43)24-25-45-30-14-12-29(13-15-30)37-33(44)26-42-18-16-40(4)17-19-42/h5-15H,16-26H2,1-4H3,(H,37,44)(H,38,39). The summed E-state index contributed by atoms with van der Waals surface area (Å²) in [6, 6.07) is 22.9. The van der Waals surface area contributed by atoms with Crippen molar-refractivity contribution in [1.29, 1.82) is 0 Å². The Morgan fingerprint density at radius 2 is 1.56 bits per heavy atom. The quantitative estimate of drug-likeness (QED) is 0.279. The number of hydrogen-bond acceptors (Lipinski definition) is 7.